The van der Waals surface area contributed by atoms with Crippen LogP contribution >= 0.6 is 0 Å². The van der Waals surface area contributed by atoms with Crippen molar-refractivity contribution < 1.29 is 16.5 Å². The smallest absolute Gasteiger partial charge is 0.0562 e. The fraction of sp³-hybridized carbons (Fsp3) is 0.135. The van der Waals surface area contributed by atoms with Gasteiger partial charge in [0.2, 0.25) is 0 Å². The molecule has 0 bridgehead atoms. The maximum Gasteiger partial charge on any atom is 0.0562 e. The molecule has 0 unspecified atom stereocenters. The molecular formula is C37H34N2Ni. The molecule has 0 atom stereocenters. The third-order valence-corrected chi connectivity index (χ3v) is 7.42. The van der Waals surface area contributed by atoms with Crippen LogP contribution in [0.15, 0.2) is 133 Å². The maximum atomic E-state index is 8.80. The van der Waals surface area contributed by atoms with Crippen molar-refractivity contribution in [2.45, 2.75) is 32.1 Å². The van der Waals surface area contributed by atoms with Gasteiger partial charge < -0.3 is 10.8 Å². The van der Waals surface area contributed by atoms with Crippen LogP contribution in [0.25, 0.3) is 0 Å². The fourth-order valence-corrected chi connectivity index (χ4v) is 5.59. The van der Waals surface area contributed by atoms with Crippen LogP contribution in [0.2, 0.25) is 0 Å². The number of benzene rings is 5. The molecule has 0 heterocycles. The molecule has 2 nitrogen and oxygen atoms in total. The van der Waals surface area contributed by atoms with Crippen molar-refractivity contribution in [2.75, 3.05) is 0 Å². The Kier molecular flexibility index (Phi) is 9.64. The van der Waals surface area contributed by atoms with Gasteiger partial charge in [-0.3, -0.25) is 0 Å². The zero-order valence-corrected chi connectivity index (χ0v) is 23.9. The van der Waals surface area contributed by atoms with Crippen molar-refractivity contribution in [3.8, 4) is 0 Å². The number of aryl methyl sites for hydroxylation is 1. The third kappa shape index (κ3) is 6.38. The summed E-state index contributed by atoms with van der Waals surface area (Å²) in [5.74, 6) is 0.0131. The number of hydrogen-bond acceptors (Lipinski definition) is 2. The second-order valence-electron chi connectivity index (χ2n) is 10.2. The molecule has 5 aromatic carbocycles. The molecule has 0 radical (unpaired) electrons. The van der Waals surface area contributed by atoms with Gasteiger partial charge in [-0.1, -0.05) is 139 Å². The van der Waals surface area contributed by atoms with Crippen LogP contribution in [0.5, 0.6) is 0 Å². The fourth-order valence-electron chi connectivity index (χ4n) is 5.59. The predicted molar refractivity (Wildman–Crippen MR) is 164 cm³/mol. The van der Waals surface area contributed by atoms with Gasteiger partial charge in [-0.15, -0.1) is 0 Å². The van der Waals surface area contributed by atoms with E-state index in [2.05, 4.69) is 140 Å². The van der Waals surface area contributed by atoms with Crippen LogP contribution in [0.1, 0.15) is 63.3 Å². The van der Waals surface area contributed by atoms with Crippen molar-refractivity contribution >= 4 is 11.4 Å². The van der Waals surface area contributed by atoms with Crippen LogP contribution in [0.3, 0.4) is 0 Å². The SMILES string of the molecule is CC(=N)C(=N)Cc1c(C(c2ccccc2)c2ccccc2)cc(C)cc1C(c1ccccc1)c1ccccc1.[Ni]. The molecule has 0 aromatic heterocycles. The van der Waals surface area contributed by atoms with E-state index in [1.165, 1.54) is 38.9 Å². The van der Waals surface area contributed by atoms with E-state index in [0.717, 1.165) is 5.56 Å². The Morgan fingerprint density at radius 2 is 0.850 bits per heavy atom. The van der Waals surface area contributed by atoms with E-state index in [4.69, 9.17) is 10.8 Å². The van der Waals surface area contributed by atoms with E-state index in [-0.39, 0.29) is 28.3 Å². The quantitative estimate of drug-likeness (QED) is 0.102. The topological polar surface area (TPSA) is 47.7 Å². The Morgan fingerprint density at radius 3 is 1.12 bits per heavy atom. The largest absolute Gasteiger partial charge is 0.304 e. The number of hydrogen-bond donors (Lipinski definition) is 2. The van der Waals surface area contributed by atoms with Gasteiger partial charge in [0, 0.05) is 40.5 Å². The second-order valence-corrected chi connectivity index (χ2v) is 10.2. The summed E-state index contributed by atoms with van der Waals surface area (Å²) in [4.78, 5) is 0. The molecule has 2 N–H and O–H groups in total. The molecule has 0 aliphatic carbocycles. The normalized spacial score (nSPS) is 10.8. The zero-order chi connectivity index (χ0) is 27.2. The third-order valence-electron chi connectivity index (χ3n) is 7.42. The summed E-state index contributed by atoms with van der Waals surface area (Å²) in [6.45, 7) is 3.89. The number of nitrogens with one attached hydrogen (secondary N) is 2. The van der Waals surface area contributed by atoms with E-state index in [0.29, 0.717) is 17.8 Å². The van der Waals surface area contributed by atoms with Crippen LogP contribution in [-0.2, 0) is 22.9 Å². The molecule has 202 valence electrons. The van der Waals surface area contributed by atoms with Crippen molar-refractivity contribution in [1.29, 1.82) is 10.8 Å². The molecule has 40 heavy (non-hydrogen) atoms. The average molecular weight is 565 g/mol. The van der Waals surface area contributed by atoms with Gasteiger partial charge in [0.1, 0.15) is 0 Å². The minimum Gasteiger partial charge on any atom is -0.304 e. The van der Waals surface area contributed by atoms with Crippen LogP contribution in [0.4, 0.5) is 0 Å². The van der Waals surface area contributed by atoms with Crippen molar-refractivity contribution in [3.63, 3.8) is 0 Å². The standard InChI is InChI=1S/C37H34N2.Ni/c1-26-23-33(36(28-15-7-3-8-16-28)29-17-9-4-10-18-29)32(25-35(39)27(2)38)34(24-26)37(30-19-11-5-12-20-30)31-21-13-6-14-22-31;/h3-24,36-39H,25H2,1-2H3;. The average Bonchev–Trinajstić information content (AvgIpc) is 2.97. The Labute approximate surface area is 248 Å². The minimum atomic E-state index is 0. The van der Waals surface area contributed by atoms with Gasteiger partial charge in [-0.2, -0.15) is 0 Å². The van der Waals surface area contributed by atoms with Crippen molar-refractivity contribution in [3.05, 3.63) is 178 Å². The molecule has 5 aromatic rings. The summed E-state index contributed by atoms with van der Waals surface area (Å²) >= 11 is 0. The van der Waals surface area contributed by atoms with Crippen LogP contribution in [0, 0.1) is 17.7 Å². The Balaban J connectivity index is 0.00000370. The van der Waals surface area contributed by atoms with Gasteiger partial charge in [0.15, 0.2) is 0 Å². The molecule has 5 rings (SSSR count). The summed E-state index contributed by atoms with van der Waals surface area (Å²) in [6.07, 6.45) is 0.409. The minimum absolute atomic E-state index is 0. The molecule has 0 spiro atoms. The van der Waals surface area contributed by atoms with Crippen molar-refractivity contribution in [2.24, 2.45) is 0 Å². The van der Waals surface area contributed by atoms with E-state index in [9.17, 15) is 0 Å². The summed E-state index contributed by atoms with van der Waals surface area (Å²) in [7, 11) is 0. The first kappa shape index (κ1) is 28.9. The van der Waals surface area contributed by atoms with E-state index in [1.54, 1.807) is 6.92 Å². The molecule has 0 saturated heterocycles. The van der Waals surface area contributed by atoms with Crippen molar-refractivity contribution in [1.82, 2.24) is 0 Å². The van der Waals surface area contributed by atoms with Gasteiger partial charge in [-0.05, 0) is 52.8 Å². The first-order valence-corrected chi connectivity index (χ1v) is 13.5. The second kappa shape index (κ2) is 13.3. The van der Waals surface area contributed by atoms with Gasteiger partial charge in [0.25, 0.3) is 0 Å². The Hall–Kier alpha value is -4.07. The molecule has 3 heteroatoms. The molecule has 0 aliphatic rings. The molecule has 0 saturated carbocycles. The monoisotopic (exact) mass is 564 g/mol. The van der Waals surface area contributed by atoms with Crippen LogP contribution < -0.4 is 0 Å². The first-order chi connectivity index (χ1) is 19.0. The van der Waals surface area contributed by atoms with E-state index in [1.807, 2.05) is 0 Å². The summed E-state index contributed by atoms with van der Waals surface area (Å²) in [5.41, 5.74) is 10.2. The first-order valence-electron chi connectivity index (χ1n) is 13.5. The predicted octanol–water partition coefficient (Wildman–Crippen LogP) is 8.95. The maximum absolute atomic E-state index is 8.80. The molecule has 0 fully saturated rings. The Bertz CT molecular complexity index is 1380. The summed E-state index contributed by atoms with van der Waals surface area (Å²) < 4.78 is 0. The van der Waals surface area contributed by atoms with E-state index < -0.39 is 0 Å². The van der Waals surface area contributed by atoms with E-state index >= 15 is 0 Å². The van der Waals surface area contributed by atoms with Gasteiger partial charge in [0.05, 0.1) is 5.71 Å². The molecular weight excluding hydrogens is 531 g/mol. The molecule has 0 amide bonds. The number of rotatable bonds is 9. The molecule has 0 aliphatic heterocycles. The Morgan fingerprint density at radius 1 is 0.550 bits per heavy atom. The summed E-state index contributed by atoms with van der Waals surface area (Å²) in [5, 5.41) is 17.1. The van der Waals surface area contributed by atoms with Crippen LogP contribution in [-0.4, -0.2) is 11.4 Å². The zero-order valence-electron chi connectivity index (χ0n) is 22.9. The van der Waals surface area contributed by atoms with Gasteiger partial charge >= 0.3 is 0 Å². The summed E-state index contributed by atoms with van der Waals surface area (Å²) in [6, 6.07) is 47.2. The van der Waals surface area contributed by atoms with Gasteiger partial charge in [-0.25, -0.2) is 0 Å².